The van der Waals surface area contributed by atoms with Gasteiger partial charge in [0.05, 0.1) is 11.4 Å². The molecular weight excluding hydrogens is 516 g/mol. The Kier molecular flexibility index (Phi) is 7.70. The number of carbonyl (C=O) groups excluding carboxylic acids is 2. The minimum atomic E-state index is -0.291. The number of rotatable bonds is 7. The topological polar surface area (TPSA) is 67.2 Å². The predicted octanol–water partition coefficient (Wildman–Crippen LogP) is 6.41. The smallest absolute Gasteiger partial charge is 0.254 e. The Bertz CT molecular complexity index is 1380. The summed E-state index contributed by atoms with van der Waals surface area (Å²) >= 11 is 3.40. The Labute approximate surface area is 220 Å². The van der Waals surface area contributed by atoms with E-state index in [-0.39, 0.29) is 24.4 Å². The van der Waals surface area contributed by atoms with Gasteiger partial charge in [-0.1, -0.05) is 64.5 Å². The van der Waals surface area contributed by atoms with E-state index in [0.717, 1.165) is 32.5 Å². The summed E-state index contributed by atoms with van der Waals surface area (Å²) in [6.45, 7) is 7.67. The van der Waals surface area contributed by atoms with Crippen LogP contribution >= 0.6 is 15.9 Å². The van der Waals surface area contributed by atoms with E-state index in [1.54, 1.807) is 21.7 Å². The lowest BCUT2D eigenvalue weighted by molar-refractivity contribution is -0.117. The molecule has 1 heterocycles. The van der Waals surface area contributed by atoms with E-state index in [1.807, 2.05) is 94.4 Å². The third-order valence-electron chi connectivity index (χ3n) is 6.01. The van der Waals surface area contributed by atoms with E-state index in [1.165, 1.54) is 0 Å². The van der Waals surface area contributed by atoms with Crippen LogP contribution in [-0.2, 0) is 4.79 Å². The molecule has 7 heteroatoms. The number of nitrogens with one attached hydrogen (secondary N) is 1. The van der Waals surface area contributed by atoms with Crippen LogP contribution in [0.3, 0.4) is 0 Å². The number of amides is 2. The van der Waals surface area contributed by atoms with Crippen LogP contribution in [0.25, 0.3) is 16.8 Å². The van der Waals surface area contributed by atoms with E-state index < -0.39 is 0 Å². The fraction of sp³-hybridized carbons (Fsp3) is 0.207. The predicted molar refractivity (Wildman–Crippen MR) is 147 cm³/mol. The minimum Gasteiger partial charge on any atom is -0.327 e. The van der Waals surface area contributed by atoms with Gasteiger partial charge in [0.2, 0.25) is 5.91 Å². The van der Waals surface area contributed by atoms with Crippen molar-refractivity contribution in [3.63, 3.8) is 0 Å². The van der Waals surface area contributed by atoms with E-state index in [9.17, 15) is 9.59 Å². The molecule has 6 nitrogen and oxygen atoms in total. The van der Waals surface area contributed by atoms with Crippen LogP contribution in [0.1, 0.15) is 35.5 Å². The molecule has 36 heavy (non-hydrogen) atoms. The fourth-order valence-electron chi connectivity index (χ4n) is 4.14. The zero-order chi connectivity index (χ0) is 25.8. The first-order valence-electron chi connectivity index (χ1n) is 11.8. The second-order valence-electron chi connectivity index (χ2n) is 8.96. The van der Waals surface area contributed by atoms with Crippen LogP contribution in [0.5, 0.6) is 0 Å². The molecule has 0 fully saturated rings. The van der Waals surface area contributed by atoms with Gasteiger partial charge in [-0.05, 0) is 69.2 Å². The lowest BCUT2D eigenvalue weighted by atomic mass is 10.1. The molecule has 0 saturated heterocycles. The lowest BCUT2D eigenvalue weighted by Crippen LogP contribution is -2.42. The van der Waals surface area contributed by atoms with Gasteiger partial charge < -0.3 is 10.2 Å². The van der Waals surface area contributed by atoms with Crippen molar-refractivity contribution in [2.75, 3.05) is 11.9 Å². The van der Waals surface area contributed by atoms with Gasteiger partial charge in [-0.25, -0.2) is 4.68 Å². The first-order chi connectivity index (χ1) is 17.3. The molecule has 184 valence electrons. The number of nitrogens with zero attached hydrogens (tertiary/aromatic N) is 3. The number of carbonyl (C=O) groups is 2. The van der Waals surface area contributed by atoms with Gasteiger partial charge in [0.25, 0.3) is 5.91 Å². The Balaban J connectivity index is 1.70. The van der Waals surface area contributed by atoms with Gasteiger partial charge in [0.1, 0.15) is 12.4 Å². The molecule has 0 atom stereocenters. The highest BCUT2D eigenvalue weighted by molar-refractivity contribution is 9.10. The Morgan fingerprint density at radius 3 is 2.22 bits per heavy atom. The van der Waals surface area contributed by atoms with Crippen molar-refractivity contribution in [1.29, 1.82) is 0 Å². The Morgan fingerprint density at radius 1 is 0.944 bits per heavy atom. The summed E-state index contributed by atoms with van der Waals surface area (Å²) in [7, 11) is 0. The molecule has 2 amide bonds. The van der Waals surface area contributed by atoms with Gasteiger partial charge in [0, 0.05) is 21.6 Å². The average molecular weight is 545 g/mol. The number of anilines is 1. The van der Waals surface area contributed by atoms with Crippen molar-refractivity contribution in [3.8, 4) is 16.8 Å². The van der Waals surface area contributed by atoms with Crippen LogP contribution in [-0.4, -0.2) is 39.1 Å². The molecule has 0 saturated carbocycles. The molecule has 0 aliphatic heterocycles. The third kappa shape index (κ3) is 5.41. The van der Waals surface area contributed by atoms with Crippen molar-refractivity contribution in [2.24, 2.45) is 0 Å². The number of hydrogen-bond acceptors (Lipinski definition) is 3. The first kappa shape index (κ1) is 25.4. The van der Waals surface area contributed by atoms with Gasteiger partial charge >= 0.3 is 0 Å². The fourth-order valence-corrected chi connectivity index (χ4v) is 4.41. The van der Waals surface area contributed by atoms with Gasteiger partial charge in [0.15, 0.2) is 0 Å². The molecule has 1 aromatic heterocycles. The van der Waals surface area contributed by atoms with Crippen molar-refractivity contribution < 1.29 is 9.59 Å². The summed E-state index contributed by atoms with van der Waals surface area (Å²) in [5, 5.41) is 7.88. The standard InChI is InChI=1S/C29H29BrN4O2/c1-19(2)33(29(36)23-14-16-24(30)17-15-23)18-26(35)31-28-27(22-11-6-5-7-12-22)21(4)32-34(28)25-13-9-8-10-20(25)3/h5-17,19H,18H2,1-4H3,(H,31,35). The zero-order valence-corrected chi connectivity index (χ0v) is 22.4. The second-order valence-corrected chi connectivity index (χ2v) is 9.87. The molecule has 0 radical (unpaired) electrons. The molecule has 1 N–H and O–H groups in total. The second kappa shape index (κ2) is 10.9. The molecule has 4 aromatic rings. The number of aromatic nitrogens is 2. The molecule has 0 unspecified atom stereocenters. The number of hydrogen-bond donors (Lipinski definition) is 1. The summed E-state index contributed by atoms with van der Waals surface area (Å²) in [6.07, 6.45) is 0. The van der Waals surface area contributed by atoms with E-state index >= 15 is 0 Å². The monoisotopic (exact) mass is 544 g/mol. The summed E-state index contributed by atoms with van der Waals surface area (Å²) in [5.74, 6) is 0.0957. The quantitative estimate of drug-likeness (QED) is 0.292. The van der Waals surface area contributed by atoms with E-state index in [2.05, 4.69) is 21.2 Å². The van der Waals surface area contributed by atoms with Crippen LogP contribution < -0.4 is 5.32 Å². The number of para-hydroxylation sites is 1. The SMILES string of the molecule is Cc1ccccc1-n1nc(C)c(-c2ccccc2)c1NC(=O)CN(C(=O)c1ccc(Br)cc1)C(C)C. The maximum atomic E-state index is 13.4. The highest BCUT2D eigenvalue weighted by atomic mass is 79.9. The summed E-state index contributed by atoms with van der Waals surface area (Å²) < 4.78 is 2.67. The molecule has 3 aromatic carbocycles. The van der Waals surface area contributed by atoms with Gasteiger partial charge in [-0.2, -0.15) is 5.10 Å². The third-order valence-corrected chi connectivity index (χ3v) is 6.54. The maximum Gasteiger partial charge on any atom is 0.254 e. The lowest BCUT2D eigenvalue weighted by Gasteiger charge is -2.26. The average Bonchev–Trinajstić information content (AvgIpc) is 3.18. The minimum absolute atomic E-state index is 0.0845. The number of benzene rings is 3. The van der Waals surface area contributed by atoms with Crippen molar-refractivity contribution in [1.82, 2.24) is 14.7 Å². The molecular formula is C29H29BrN4O2. The van der Waals surface area contributed by atoms with E-state index in [4.69, 9.17) is 5.10 Å². The number of aryl methyl sites for hydroxylation is 2. The largest absolute Gasteiger partial charge is 0.327 e. The zero-order valence-electron chi connectivity index (χ0n) is 20.8. The molecule has 0 bridgehead atoms. The van der Waals surface area contributed by atoms with Crippen molar-refractivity contribution in [3.05, 3.63) is 100 Å². The molecule has 0 spiro atoms. The molecule has 4 rings (SSSR count). The molecule has 0 aliphatic rings. The highest BCUT2D eigenvalue weighted by Gasteiger charge is 2.25. The Hall–Kier alpha value is -3.71. The van der Waals surface area contributed by atoms with Gasteiger partial charge in [-0.3, -0.25) is 9.59 Å². The molecule has 0 aliphatic carbocycles. The number of halogens is 1. The van der Waals surface area contributed by atoms with Crippen LogP contribution in [0.2, 0.25) is 0 Å². The first-order valence-corrected chi connectivity index (χ1v) is 12.6. The van der Waals surface area contributed by atoms with E-state index in [0.29, 0.717) is 11.4 Å². The summed E-state index contributed by atoms with van der Waals surface area (Å²) in [4.78, 5) is 28.2. The van der Waals surface area contributed by atoms with Crippen LogP contribution in [0, 0.1) is 13.8 Å². The Morgan fingerprint density at radius 2 is 1.58 bits per heavy atom. The summed E-state index contributed by atoms with van der Waals surface area (Å²) in [5.41, 5.74) is 5.05. The normalized spacial score (nSPS) is 10.9. The van der Waals surface area contributed by atoms with Crippen molar-refractivity contribution in [2.45, 2.75) is 33.7 Å². The highest BCUT2D eigenvalue weighted by Crippen LogP contribution is 2.34. The maximum absolute atomic E-state index is 13.4. The van der Waals surface area contributed by atoms with Crippen LogP contribution in [0.15, 0.2) is 83.3 Å². The summed E-state index contributed by atoms with van der Waals surface area (Å²) in [6, 6.07) is 24.8. The van der Waals surface area contributed by atoms with Crippen LogP contribution in [0.4, 0.5) is 5.82 Å². The van der Waals surface area contributed by atoms with Crippen molar-refractivity contribution >= 4 is 33.6 Å². The van der Waals surface area contributed by atoms with Gasteiger partial charge in [-0.15, -0.1) is 0 Å².